The van der Waals surface area contributed by atoms with E-state index in [0.29, 0.717) is 16.9 Å². The normalized spacial score (nSPS) is 10.5. The highest BCUT2D eigenvalue weighted by Crippen LogP contribution is 2.27. The zero-order chi connectivity index (χ0) is 18.8. The maximum atomic E-state index is 11.1. The van der Waals surface area contributed by atoms with Gasteiger partial charge in [-0.3, -0.25) is 14.5 Å². The Morgan fingerprint density at radius 3 is 2.50 bits per heavy atom. The van der Waals surface area contributed by atoms with Crippen molar-refractivity contribution in [1.82, 2.24) is 9.38 Å². The Morgan fingerprint density at radius 1 is 1.12 bits per heavy atom. The molecule has 0 bridgehead atoms. The van der Waals surface area contributed by atoms with Crippen LogP contribution in [0.2, 0.25) is 0 Å². The highest BCUT2D eigenvalue weighted by atomic mass is 16.6. The number of nitrogens with zero attached hydrogens (tertiary/aromatic N) is 3. The van der Waals surface area contributed by atoms with Crippen molar-refractivity contribution in [2.45, 2.75) is 0 Å². The van der Waals surface area contributed by atoms with Crippen LogP contribution >= 0.6 is 0 Å². The number of benzene rings is 1. The Balaban J connectivity index is 2.25. The molecular formula is C17H11N3O6. The van der Waals surface area contributed by atoms with Crippen LogP contribution in [-0.4, -0.2) is 36.5 Å². The lowest BCUT2D eigenvalue weighted by Gasteiger charge is -2.01. The van der Waals surface area contributed by atoms with Crippen molar-refractivity contribution in [2.75, 3.05) is 0 Å². The fourth-order valence-corrected chi connectivity index (χ4v) is 2.48. The van der Waals surface area contributed by atoms with Crippen molar-refractivity contribution < 1.29 is 24.7 Å². The first-order chi connectivity index (χ1) is 12.4. The molecule has 0 saturated carbocycles. The topological polar surface area (TPSA) is 135 Å². The second-order valence-electron chi connectivity index (χ2n) is 5.25. The number of carboxylic acid groups (broad SMARTS) is 2. The van der Waals surface area contributed by atoms with Gasteiger partial charge in [0.1, 0.15) is 11.4 Å². The molecule has 0 aliphatic heterocycles. The fraction of sp³-hybridized carbons (Fsp3) is 0. The summed E-state index contributed by atoms with van der Waals surface area (Å²) >= 11 is 0. The standard InChI is InChI=1S/C17H11N3O6/c21-16(22)12(17(23)24)9-13-14-6-1-2-7-19(14)15(18-13)10-4-3-5-11(8-10)20(25)26/h1-9H,(H,21,22)(H,23,24). The average Bonchev–Trinajstić information content (AvgIpc) is 2.98. The molecule has 0 radical (unpaired) electrons. The SMILES string of the molecule is O=C(O)C(=Cc1nc(-c2cccc([N+](=O)[O-])c2)n2ccccc12)C(=O)O. The molecule has 0 amide bonds. The van der Waals surface area contributed by atoms with Gasteiger partial charge in [0.05, 0.1) is 16.1 Å². The van der Waals surface area contributed by atoms with Crippen LogP contribution in [0.1, 0.15) is 5.69 Å². The first-order valence-corrected chi connectivity index (χ1v) is 7.28. The lowest BCUT2D eigenvalue weighted by Crippen LogP contribution is -2.10. The zero-order valence-corrected chi connectivity index (χ0v) is 13.1. The average molecular weight is 353 g/mol. The van der Waals surface area contributed by atoms with Gasteiger partial charge < -0.3 is 10.2 Å². The van der Waals surface area contributed by atoms with Crippen LogP contribution in [0.25, 0.3) is 23.0 Å². The van der Waals surface area contributed by atoms with Crippen LogP contribution in [0.3, 0.4) is 0 Å². The molecule has 3 rings (SSSR count). The fourth-order valence-electron chi connectivity index (χ4n) is 2.48. The molecule has 0 fully saturated rings. The van der Waals surface area contributed by atoms with Crippen LogP contribution < -0.4 is 0 Å². The van der Waals surface area contributed by atoms with Crippen LogP contribution in [-0.2, 0) is 9.59 Å². The molecule has 26 heavy (non-hydrogen) atoms. The molecule has 130 valence electrons. The van der Waals surface area contributed by atoms with E-state index >= 15 is 0 Å². The molecule has 2 N–H and O–H groups in total. The summed E-state index contributed by atoms with van der Waals surface area (Å²) in [6.07, 6.45) is 2.61. The molecule has 9 nitrogen and oxygen atoms in total. The molecule has 0 saturated heterocycles. The van der Waals surface area contributed by atoms with Crippen LogP contribution in [0.5, 0.6) is 0 Å². The van der Waals surface area contributed by atoms with E-state index in [9.17, 15) is 19.7 Å². The number of aliphatic carboxylic acids is 2. The minimum absolute atomic E-state index is 0.121. The molecule has 0 aliphatic rings. The van der Waals surface area contributed by atoms with Gasteiger partial charge in [-0.1, -0.05) is 18.2 Å². The summed E-state index contributed by atoms with van der Waals surface area (Å²) < 4.78 is 1.60. The largest absolute Gasteiger partial charge is 0.477 e. The summed E-state index contributed by atoms with van der Waals surface area (Å²) in [4.78, 5) is 37.0. The molecule has 1 aromatic carbocycles. The lowest BCUT2D eigenvalue weighted by atomic mass is 10.2. The maximum Gasteiger partial charge on any atom is 0.343 e. The van der Waals surface area contributed by atoms with Gasteiger partial charge in [-0.15, -0.1) is 0 Å². The summed E-state index contributed by atoms with van der Waals surface area (Å²) in [6.45, 7) is 0. The van der Waals surface area contributed by atoms with E-state index in [4.69, 9.17) is 10.2 Å². The van der Waals surface area contributed by atoms with Crippen molar-refractivity contribution in [3.8, 4) is 11.4 Å². The summed E-state index contributed by atoms with van der Waals surface area (Å²) in [5.74, 6) is -2.86. The summed E-state index contributed by atoms with van der Waals surface area (Å²) in [5, 5.41) is 29.1. The van der Waals surface area contributed by atoms with Crippen molar-refractivity contribution >= 4 is 29.2 Å². The van der Waals surface area contributed by atoms with Crippen molar-refractivity contribution in [1.29, 1.82) is 0 Å². The molecule has 2 aromatic heterocycles. The highest BCUT2D eigenvalue weighted by Gasteiger charge is 2.19. The third-order valence-corrected chi connectivity index (χ3v) is 3.63. The third-order valence-electron chi connectivity index (χ3n) is 3.63. The number of pyridine rings is 1. The molecule has 0 atom stereocenters. The van der Waals surface area contributed by atoms with Gasteiger partial charge in [0.25, 0.3) is 5.69 Å². The second-order valence-corrected chi connectivity index (χ2v) is 5.25. The van der Waals surface area contributed by atoms with Crippen LogP contribution in [0.4, 0.5) is 5.69 Å². The molecule has 9 heteroatoms. The van der Waals surface area contributed by atoms with Gasteiger partial charge in [-0.25, -0.2) is 14.6 Å². The monoisotopic (exact) mass is 353 g/mol. The zero-order valence-electron chi connectivity index (χ0n) is 13.1. The van der Waals surface area contributed by atoms with Gasteiger partial charge in [0.15, 0.2) is 0 Å². The molecule has 3 aromatic rings. The molecular weight excluding hydrogens is 342 g/mol. The predicted octanol–water partition coefficient (Wildman–Crippen LogP) is 2.46. The first kappa shape index (κ1) is 16.8. The minimum Gasteiger partial charge on any atom is -0.477 e. The van der Waals surface area contributed by atoms with E-state index < -0.39 is 22.4 Å². The number of imidazole rings is 1. The number of hydrogen-bond acceptors (Lipinski definition) is 5. The number of nitro groups is 1. The van der Waals surface area contributed by atoms with Gasteiger partial charge in [0.2, 0.25) is 0 Å². The minimum atomic E-state index is -1.59. The van der Waals surface area contributed by atoms with E-state index in [2.05, 4.69) is 4.98 Å². The number of carbonyl (C=O) groups is 2. The van der Waals surface area contributed by atoms with Crippen molar-refractivity contribution in [3.05, 3.63) is 70.0 Å². The smallest absolute Gasteiger partial charge is 0.343 e. The Bertz CT molecular complexity index is 1070. The Morgan fingerprint density at radius 2 is 1.85 bits per heavy atom. The van der Waals surface area contributed by atoms with Crippen molar-refractivity contribution in [2.24, 2.45) is 0 Å². The predicted molar refractivity (Wildman–Crippen MR) is 90.5 cm³/mol. The Labute approximate surface area is 145 Å². The number of non-ortho nitro benzene ring substituents is 1. The summed E-state index contributed by atoms with van der Waals surface area (Å²) in [5.41, 5.74) is 0.0802. The van der Waals surface area contributed by atoms with Crippen molar-refractivity contribution in [3.63, 3.8) is 0 Å². The van der Waals surface area contributed by atoms with E-state index in [1.54, 1.807) is 34.9 Å². The first-order valence-electron chi connectivity index (χ1n) is 7.28. The van der Waals surface area contributed by atoms with E-state index in [-0.39, 0.29) is 11.4 Å². The van der Waals surface area contributed by atoms with E-state index in [1.807, 2.05) is 0 Å². The quantitative estimate of drug-likeness (QED) is 0.236. The maximum absolute atomic E-state index is 11.1. The molecule has 2 heterocycles. The molecule has 0 unspecified atom stereocenters. The number of fused-ring (bicyclic) bond motifs is 1. The number of aromatic nitrogens is 2. The highest BCUT2D eigenvalue weighted by molar-refractivity contribution is 6.16. The van der Waals surface area contributed by atoms with Crippen LogP contribution in [0, 0.1) is 10.1 Å². The van der Waals surface area contributed by atoms with Gasteiger partial charge in [-0.2, -0.15) is 0 Å². The Kier molecular flexibility index (Phi) is 4.19. The van der Waals surface area contributed by atoms with Crippen LogP contribution in [0.15, 0.2) is 54.2 Å². The van der Waals surface area contributed by atoms with Gasteiger partial charge in [-0.05, 0) is 18.2 Å². The number of rotatable bonds is 5. The molecule has 0 spiro atoms. The number of nitro benzene ring substituents is 1. The van der Waals surface area contributed by atoms with E-state index in [1.165, 1.54) is 18.2 Å². The lowest BCUT2D eigenvalue weighted by molar-refractivity contribution is -0.384. The van der Waals surface area contributed by atoms with Gasteiger partial charge >= 0.3 is 11.9 Å². The molecule has 0 aliphatic carbocycles. The summed E-state index contributed by atoms with van der Waals surface area (Å²) in [6, 6.07) is 10.8. The summed E-state index contributed by atoms with van der Waals surface area (Å²) in [7, 11) is 0. The van der Waals surface area contributed by atoms with E-state index in [0.717, 1.165) is 6.08 Å². The number of carboxylic acids is 2. The second kappa shape index (κ2) is 6.48. The number of hydrogen-bond donors (Lipinski definition) is 2. The Hall–Kier alpha value is -4.01. The third kappa shape index (κ3) is 3.00. The van der Waals surface area contributed by atoms with Gasteiger partial charge in [0, 0.05) is 23.9 Å².